The van der Waals surface area contributed by atoms with E-state index in [0.29, 0.717) is 5.69 Å². The summed E-state index contributed by atoms with van der Waals surface area (Å²) in [5.41, 5.74) is 1.48. The quantitative estimate of drug-likeness (QED) is 0.688. The number of carbonyl (C=O) groups excluding carboxylic acids is 3. The molecule has 0 radical (unpaired) electrons. The smallest absolute Gasteiger partial charge is 0.257 e. The first-order valence-corrected chi connectivity index (χ1v) is 11.3. The number of carbonyl (C=O) groups is 3. The summed E-state index contributed by atoms with van der Waals surface area (Å²) in [6.45, 7) is 10.5. The van der Waals surface area contributed by atoms with E-state index in [2.05, 4.69) is 27.7 Å². The van der Waals surface area contributed by atoms with Crippen molar-refractivity contribution in [1.82, 2.24) is 4.90 Å². The Kier molecular flexibility index (Phi) is 5.06. The van der Waals surface area contributed by atoms with Crippen LogP contribution in [0.25, 0.3) is 0 Å². The van der Waals surface area contributed by atoms with Crippen molar-refractivity contribution in [2.24, 2.45) is 16.7 Å². The molecule has 3 fully saturated rings. The number of nitrogens with zero attached hydrogens (tertiary/aromatic N) is 2. The Morgan fingerprint density at radius 2 is 1.53 bits per heavy atom. The summed E-state index contributed by atoms with van der Waals surface area (Å²) < 4.78 is 0. The van der Waals surface area contributed by atoms with Crippen molar-refractivity contribution in [2.75, 3.05) is 4.90 Å². The van der Waals surface area contributed by atoms with Crippen molar-refractivity contribution < 1.29 is 14.4 Å². The molecule has 1 unspecified atom stereocenters. The molecule has 30 heavy (non-hydrogen) atoms. The molecule has 5 heteroatoms. The predicted molar refractivity (Wildman–Crippen MR) is 117 cm³/mol. The topological polar surface area (TPSA) is 57.7 Å². The van der Waals surface area contributed by atoms with Crippen molar-refractivity contribution in [3.63, 3.8) is 0 Å². The molecule has 0 spiro atoms. The van der Waals surface area contributed by atoms with Gasteiger partial charge in [0.05, 0.1) is 12.1 Å². The van der Waals surface area contributed by atoms with Gasteiger partial charge in [0, 0.05) is 12.0 Å². The first-order valence-electron chi connectivity index (χ1n) is 11.3. The van der Waals surface area contributed by atoms with E-state index in [1.807, 2.05) is 36.1 Å². The highest BCUT2D eigenvalue weighted by Gasteiger charge is 2.69. The van der Waals surface area contributed by atoms with Crippen LogP contribution in [0.15, 0.2) is 24.3 Å². The molecule has 1 aliphatic heterocycles. The molecule has 3 aliphatic rings. The van der Waals surface area contributed by atoms with Crippen molar-refractivity contribution >= 4 is 23.4 Å². The SMILES string of the molecule is Cc1ccc(N2C(=O)CC(N(C(=O)C3C(C)(C)C3(C)C)C3CCCCC3)C2=O)cc1. The fourth-order valence-corrected chi connectivity index (χ4v) is 5.71. The molecule has 1 atom stereocenters. The highest BCUT2D eigenvalue weighted by Crippen LogP contribution is 2.69. The maximum Gasteiger partial charge on any atom is 0.257 e. The van der Waals surface area contributed by atoms with E-state index >= 15 is 0 Å². The van der Waals surface area contributed by atoms with Gasteiger partial charge >= 0.3 is 0 Å². The lowest BCUT2D eigenvalue weighted by molar-refractivity contribution is -0.144. The normalized spacial score (nSPS) is 26.2. The first kappa shape index (κ1) is 21.1. The van der Waals surface area contributed by atoms with Crippen LogP contribution < -0.4 is 4.90 Å². The Hall–Kier alpha value is -2.17. The Labute approximate surface area is 179 Å². The number of amides is 3. The van der Waals surface area contributed by atoms with Crippen LogP contribution in [-0.2, 0) is 14.4 Å². The van der Waals surface area contributed by atoms with Gasteiger partial charge in [0.25, 0.3) is 5.91 Å². The molecule has 0 bridgehead atoms. The number of rotatable bonds is 4. The molecular weight excluding hydrogens is 376 g/mol. The number of imide groups is 1. The maximum atomic E-state index is 13.8. The van der Waals surface area contributed by atoms with Gasteiger partial charge in [-0.1, -0.05) is 64.7 Å². The first-order chi connectivity index (χ1) is 14.1. The Morgan fingerprint density at radius 3 is 2.07 bits per heavy atom. The third kappa shape index (κ3) is 3.17. The summed E-state index contributed by atoms with van der Waals surface area (Å²) >= 11 is 0. The van der Waals surface area contributed by atoms with E-state index in [1.54, 1.807) is 0 Å². The molecule has 0 aromatic heterocycles. The number of anilines is 1. The highest BCUT2D eigenvalue weighted by molar-refractivity contribution is 6.23. The van der Waals surface area contributed by atoms with Crippen LogP contribution in [0.3, 0.4) is 0 Å². The van der Waals surface area contributed by atoms with Crippen LogP contribution in [0.2, 0.25) is 0 Å². The molecule has 2 saturated carbocycles. The van der Waals surface area contributed by atoms with Crippen molar-refractivity contribution in [1.29, 1.82) is 0 Å². The van der Waals surface area contributed by atoms with Gasteiger partial charge in [-0.05, 0) is 42.7 Å². The van der Waals surface area contributed by atoms with Gasteiger partial charge in [-0.15, -0.1) is 0 Å². The van der Waals surface area contributed by atoms with E-state index in [-0.39, 0.29) is 46.9 Å². The predicted octanol–water partition coefficient (Wildman–Crippen LogP) is 4.47. The number of hydrogen-bond acceptors (Lipinski definition) is 3. The third-order valence-electron chi connectivity index (χ3n) is 8.24. The molecule has 1 saturated heterocycles. The average molecular weight is 411 g/mol. The molecule has 1 heterocycles. The lowest BCUT2D eigenvalue weighted by Gasteiger charge is -2.38. The summed E-state index contributed by atoms with van der Waals surface area (Å²) in [6.07, 6.45) is 5.24. The summed E-state index contributed by atoms with van der Waals surface area (Å²) in [6, 6.07) is 6.81. The average Bonchev–Trinajstić information content (AvgIpc) is 2.93. The molecule has 1 aromatic rings. The fourth-order valence-electron chi connectivity index (χ4n) is 5.71. The van der Waals surface area contributed by atoms with Gasteiger partial charge < -0.3 is 4.90 Å². The number of aryl methyl sites for hydroxylation is 1. The van der Waals surface area contributed by atoms with Gasteiger partial charge in [-0.2, -0.15) is 0 Å². The van der Waals surface area contributed by atoms with Gasteiger partial charge in [0.2, 0.25) is 11.8 Å². The summed E-state index contributed by atoms with van der Waals surface area (Å²) in [7, 11) is 0. The molecule has 162 valence electrons. The van der Waals surface area contributed by atoms with Crippen LogP contribution in [0, 0.1) is 23.7 Å². The Balaban J connectivity index is 1.66. The monoisotopic (exact) mass is 410 g/mol. The molecule has 1 aromatic carbocycles. The van der Waals surface area contributed by atoms with Crippen LogP contribution in [-0.4, -0.2) is 34.7 Å². The molecule has 2 aliphatic carbocycles. The Bertz CT molecular complexity index is 851. The standard InChI is InChI=1S/C25H34N2O3/c1-16-11-13-18(14-12-16)27-20(28)15-19(22(27)29)26(17-9-7-6-8-10-17)23(30)21-24(2,3)25(21,4)5/h11-14,17,19,21H,6-10,15H2,1-5H3. The summed E-state index contributed by atoms with van der Waals surface area (Å²) in [4.78, 5) is 43.3. The molecule has 0 N–H and O–H groups in total. The second-order valence-corrected chi connectivity index (χ2v) is 10.5. The number of benzene rings is 1. The zero-order valence-electron chi connectivity index (χ0n) is 18.9. The van der Waals surface area contributed by atoms with Crippen LogP contribution in [0.4, 0.5) is 5.69 Å². The lowest BCUT2D eigenvalue weighted by Crippen LogP contribution is -2.52. The van der Waals surface area contributed by atoms with Gasteiger partial charge in [0.15, 0.2) is 0 Å². The highest BCUT2D eigenvalue weighted by atomic mass is 16.2. The fraction of sp³-hybridized carbons (Fsp3) is 0.640. The Morgan fingerprint density at radius 1 is 0.967 bits per heavy atom. The molecule has 4 rings (SSSR count). The van der Waals surface area contributed by atoms with Gasteiger partial charge in [-0.3, -0.25) is 14.4 Å². The molecule has 5 nitrogen and oxygen atoms in total. The van der Waals surface area contributed by atoms with Gasteiger partial charge in [-0.25, -0.2) is 4.90 Å². The minimum Gasteiger partial charge on any atom is -0.327 e. The zero-order valence-corrected chi connectivity index (χ0v) is 18.9. The van der Waals surface area contributed by atoms with Crippen LogP contribution in [0.1, 0.15) is 71.8 Å². The van der Waals surface area contributed by atoms with Crippen LogP contribution >= 0.6 is 0 Å². The summed E-state index contributed by atoms with van der Waals surface area (Å²) in [5, 5.41) is 0. The second kappa shape index (κ2) is 7.21. The van der Waals surface area contributed by atoms with E-state index in [0.717, 1.165) is 31.2 Å². The maximum absolute atomic E-state index is 13.8. The van der Waals surface area contributed by atoms with Crippen LogP contribution in [0.5, 0.6) is 0 Å². The minimum absolute atomic E-state index is 0.0539. The molecular formula is C25H34N2O3. The van der Waals surface area contributed by atoms with E-state index in [4.69, 9.17) is 0 Å². The van der Waals surface area contributed by atoms with Crippen molar-refractivity contribution in [2.45, 2.75) is 85.2 Å². The van der Waals surface area contributed by atoms with E-state index in [9.17, 15) is 14.4 Å². The molecule has 3 amide bonds. The van der Waals surface area contributed by atoms with Crippen molar-refractivity contribution in [3.05, 3.63) is 29.8 Å². The van der Waals surface area contributed by atoms with Crippen molar-refractivity contribution in [3.8, 4) is 0 Å². The second-order valence-electron chi connectivity index (χ2n) is 10.5. The zero-order chi connectivity index (χ0) is 21.8. The van der Waals surface area contributed by atoms with E-state index < -0.39 is 6.04 Å². The third-order valence-corrected chi connectivity index (χ3v) is 8.24. The van der Waals surface area contributed by atoms with Gasteiger partial charge in [0.1, 0.15) is 6.04 Å². The number of hydrogen-bond donors (Lipinski definition) is 0. The van der Waals surface area contributed by atoms with E-state index in [1.165, 1.54) is 11.3 Å². The largest absolute Gasteiger partial charge is 0.327 e. The summed E-state index contributed by atoms with van der Waals surface area (Å²) in [5.74, 6) is -0.507. The minimum atomic E-state index is -0.679. The lowest BCUT2D eigenvalue weighted by atomic mass is 9.92.